The van der Waals surface area contributed by atoms with Crippen molar-refractivity contribution < 1.29 is 0 Å². The van der Waals surface area contributed by atoms with Crippen LogP contribution in [-0.2, 0) is 6.42 Å². The van der Waals surface area contributed by atoms with Crippen molar-refractivity contribution >= 4 is 0 Å². The zero-order chi connectivity index (χ0) is 12.5. The lowest BCUT2D eigenvalue weighted by molar-refractivity contribution is 0.726. The van der Waals surface area contributed by atoms with Gasteiger partial charge in [0.2, 0.25) is 0 Å². The molecule has 1 rings (SSSR count). The van der Waals surface area contributed by atoms with Gasteiger partial charge in [-0.2, -0.15) is 0 Å². The van der Waals surface area contributed by atoms with Gasteiger partial charge in [-0.05, 0) is 43.0 Å². The minimum atomic E-state index is 0.625. The molecule has 0 aliphatic rings. The van der Waals surface area contributed by atoms with Gasteiger partial charge in [-0.25, -0.2) is 0 Å². The highest BCUT2D eigenvalue weighted by molar-refractivity contribution is 5.25. The predicted octanol–water partition coefficient (Wildman–Crippen LogP) is 3.91. The Kier molecular flexibility index (Phi) is 6.64. The first-order valence-corrected chi connectivity index (χ1v) is 6.68. The summed E-state index contributed by atoms with van der Waals surface area (Å²) in [5.41, 5.74) is 2.82. The average molecular weight is 231 g/mol. The average Bonchev–Trinajstić information content (AvgIpc) is 2.34. The number of hydrogen-bond acceptors (Lipinski definition) is 1. The van der Waals surface area contributed by atoms with Crippen molar-refractivity contribution in [2.24, 2.45) is 0 Å². The molecule has 0 unspecified atom stereocenters. The van der Waals surface area contributed by atoms with E-state index in [4.69, 9.17) is 0 Å². The van der Waals surface area contributed by atoms with Gasteiger partial charge in [0.1, 0.15) is 0 Å². The lowest BCUT2D eigenvalue weighted by Crippen LogP contribution is -2.12. The zero-order valence-corrected chi connectivity index (χ0v) is 11.4. The molecule has 0 atom stereocenters. The summed E-state index contributed by atoms with van der Waals surface area (Å²) in [5, 5.41) is 3.32. The van der Waals surface area contributed by atoms with E-state index >= 15 is 0 Å². The van der Waals surface area contributed by atoms with E-state index in [1.807, 2.05) is 0 Å². The molecule has 0 radical (unpaired) electrons. The zero-order valence-electron chi connectivity index (χ0n) is 11.4. The summed E-state index contributed by atoms with van der Waals surface area (Å²) in [6, 6.07) is 8.97. The summed E-state index contributed by atoms with van der Waals surface area (Å²) in [4.78, 5) is 0. The Bertz CT molecular complexity index is 322. The molecule has 94 valence electrons. The van der Waals surface area contributed by atoms with E-state index in [1.165, 1.54) is 11.1 Å². The Morgan fingerprint density at radius 3 is 2.41 bits per heavy atom. The van der Waals surface area contributed by atoms with Crippen molar-refractivity contribution in [3.8, 4) is 0 Å². The second kappa shape index (κ2) is 8.08. The molecule has 17 heavy (non-hydrogen) atoms. The third-order valence-electron chi connectivity index (χ3n) is 2.90. The molecule has 0 heterocycles. The van der Waals surface area contributed by atoms with E-state index in [1.54, 1.807) is 0 Å². The van der Waals surface area contributed by atoms with Crippen LogP contribution in [0.15, 0.2) is 36.4 Å². The SMILES string of the molecule is CCNCCC=CCc1ccc(C(C)C)cc1. The number of allylic oxidation sites excluding steroid dienone is 1. The molecule has 0 saturated carbocycles. The number of rotatable bonds is 7. The summed E-state index contributed by atoms with van der Waals surface area (Å²) in [5.74, 6) is 0.625. The molecule has 0 bridgehead atoms. The summed E-state index contributed by atoms with van der Waals surface area (Å²) in [6.45, 7) is 8.75. The molecule has 1 aromatic carbocycles. The van der Waals surface area contributed by atoms with Gasteiger partial charge in [0.15, 0.2) is 0 Å². The minimum Gasteiger partial charge on any atom is -0.317 e. The van der Waals surface area contributed by atoms with Crippen LogP contribution < -0.4 is 5.32 Å². The Morgan fingerprint density at radius 2 is 1.82 bits per heavy atom. The second-order valence-electron chi connectivity index (χ2n) is 4.71. The quantitative estimate of drug-likeness (QED) is 0.554. The van der Waals surface area contributed by atoms with Gasteiger partial charge in [0.25, 0.3) is 0 Å². The smallest absolute Gasteiger partial charge is 0.00144 e. The standard InChI is InChI=1S/C16H25N/c1-4-17-13-7-5-6-8-15-9-11-16(12-10-15)14(2)3/h5-6,9-12,14,17H,4,7-8,13H2,1-3H3. The van der Waals surface area contributed by atoms with Gasteiger partial charge < -0.3 is 5.32 Å². The third kappa shape index (κ3) is 5.69. The Balaban J connectivity index is 2.32. The molecule has 0 fully saturated rings. The molecule has 1 heteroatoms. The highest BCUT2D eigenvalue weighted by Gasteiger charge is 1.97. The van der Waals surface area contributed by atoms with Crippen LogP contribution in [0.1, 0.15) is 44.2 Å². The fourth-order valence-corrected chi connectivity index (χ4v) is 1.74. The first-order valence-electron chi connectivity index (χ1n) is 6.68. The number of hydrogen-bond donors (Lipinski definition) is 1. The highest BCUT2D eigenvalue weighted by Crippen LogP contribution is 2.14. The lowest BCUT2D eigenvalue weighted by atomic mass is 10.0. The minimum absolute atomic E-state index is 0.625. The van der Waals surface area contributed by atoms with Gasteiger partial charge in [-0.15, -0.1) is 0 Å². The molecule has 1 N–H and O–H groups in total. The van der Waals surface area contributed by atoms with Crippen LogP contribution in [0.5, 0.6) is 0 Å². The largest absolute Gasteiger partial charge is 0.317 e. The predicted molar refractivity (Wildman–Crippen MR) is 76.5 cm³/mol. The fraction of sp³-hybridized carbons (Fsp3) is 0.500. The molecular weight excluding hydrogens is 206 g/mol. The second-order valence-corrected chi connectivity index (χ2v) is 4.71. The van der Waals surface area contributed by atoms with E-state index in [0.717, 1.165) is 25.9 Å². The Labute approximate surface area is 106 Å². The van der Waals surface area contributed by atoms with E-state index in [-0.39, 0.29) is 0 Å². The van der Waals surface area contributed by atoms with E-state index in [0.29, 0.717) is 5.92 Å². The molecule has 0 saturated heterocycles. The van der Waals surface area contributed by atoms with Crippen LogP contribution >= 0.6 is 0 Å². The molecule has 0 aromatic heterocycles. The fourth-order valence-electron chi connectivity index (χ4n) is 1.74. The first-order chi connectivity index (χ1) is 8.24. The van der Waals surface area contributed by atoms with Crippen LogP contribution in [0.4, 0.5) is 0 Å². The van der Waals surface area contributed by atoms with Crippen molar-refractivity contribution in [2.45, 2.75) is 39.5 Å². The number of nitrogens with one attached hydrogen (secondary N) is 1. The molecule has 0 amide bonds. The monoisotopic (exact) mass is 231 g/mol. The van der Waals surface area contributed by atoms with Gasteiger partial charge in [-0.1, -0.05) is 57.2 Å². The van der Waals surface area contributed by atoms with E-state index in [2.05, 4.69) is 62.5 Å². The van der Waals surface area contributed by atoms with Crippen LogP contribution in [0.3, 0.4) is 0 Å². The molecule has 0 spiro atoms. The Morgan fingerprint density at radius 1 is 1.12 bits per heavy atom. The molecular formula is C16H25N. The van der Waals surface area contributed by atoms with Crippen molar-refractivity contribution in [3.63, 3.8) is 0 Å². The first kappa shape index (κ1) is 14.0. The van der Waals surface area contributed by atoms with Gasteiger partial charge >= 0.3 is 0 Å². The van der Waals surface area contributed by atoms with Gasteiger partial charge in [0, 0.05) is 0 Å². The van der Waals surface area contributed by atoms with Crippen molar-refractivity contribution in [1.29, 1.82) is 0 Å². The van der Waals surface area contributed by atoms with E-state index in [9.17, 15) is 0 Å². The van der Waals surface area contributed by atoms with Crippen LogP contribution in [-0.4, -0.2) is 13.1 Å². The molecule has 1 nitrogen and oxygen atoms in total. The van der Waals surface area contributed by atoms with E-state index < -0.39 is 0 Å². The van der Waals surface area contributed by atoms with Gasteiger partial charge in [0.05, 0.1) is 0 Å². The van der Waals surface area contributed by atoms with Crippen molar-refractivity contribution in [2.75, 3.05) is 13.1 Å². The third-order valence-corrected chi connectivity index (χ3v) is 2.90. The van der Waals surface area contributed by atoms with Gasteiger partial charge in [-0.3, -0.25) is 0 Å². The summed E-state index contributed by atoms with van der Waals surface area (Å²) >= 11 is 0. The maximum absolute atomic E-state index is 3.32. The molecule has 0 aliphatic heterocycles. The van der Waals surface area contributed by atoms with Crippen molar-refractivity contribution in [3.05, 3.63) is 47.5 Å². The topological polar surface area (TPSA) is 12.0 Å². The Hall–Kier alpha value is -1.08. The van der Waals surface area contributed by atoms with Crippen LogP contribution in [0.25, 0.3) is 0 Å². The van der Waals surface area contributed by atoms with Crippen molar-refractivity contribution in [1.82, 2.24) is 5.32 Å². The summed E-state index contributed by atoms with van der Waals surface area (Å²) in [6.07, 6.45) is 6.70. The molecule has 0 aliphatic carbocycles. The summed E-state index contributed by atoms with van der Waals surface area (Å²) in [7, 11) is 0. The van der Waals surface area contributed by atoms with Crippen LogP contribution in [0.2, 0.25) is 0 Å². The lowest BCUT2D eigenvalue weighted by Gasteiger charge is -2.05. The van der Waals surface area contributed by atoms with Crippen LogP contribution in [0, 0.1) is 0 Å². The number of benzene rings is 1. The highest BCUT2D eigenvalue weighted by atomic mass is 14.8. The molecule has 1 aromatic rings. The maximum Gasteiger partial charge on any atom is -0.00144 e. The normalized spacial score (nSPS) is 11.5. The summed E-state index contributed by atoms with van der Waals surface area (Å²) < 4.78 is 0. The maximum atomic E-state index is 3.32.